The first kappa shape index (κ1) is 16.4. The van der Waals surface area contributed by atoms with Crippen LogP contribution in [0.4, 0.5) is 0 Å². The molecule has 132 valence electrons. The van der Waals surface area contributed by atoms with Crippen LogP contribution in [-0.4, -0.2) is 34.3 Å². The van der Waals surface area contributed by atoms with Gasteiger partial charge in [0.15, 0.2) is 0 Å². The topological polar surface area (TPSA) is 76.6 Å². The molecule has 2 amide bonds. The number of carbonyl (C=O) groups excluding carboxylic acids is 3. The third-order valence-electron chi connectivity index (χ3n) is 4.63. The maximum absolute atomic E-state index is 12.5. The standard InChI is InChI=1S/C20H18N2O4/c1-2-26-20(25)17-10-13(12-7-8-12)9-14(21-17)11-22-18(23)15-5-3-4-6-16(15)19(22)24/h3-6,9-10,12H,2,7-8,11H2,1H3. The number of imide groups is 1. The number of ether oxygens (including phenoxy) is 1. The number of amides is 2. The number of pyridine rings is 1. The zero-order chi connectivity index (χ0) is 18.3. The van der Waals surface area contributed by atoms with Crippen LogP contribution in [0.5, 0.6) is 0 Å². The SMILES string of the molecule is CCOC(=O)c1cc(C2CC2)cc(CN2C(=O)c3ccccc3C2=O)n1. The molecule has 2 heterocycles. The van der Waals surface area contributed by atoms with Crippen molar-refractivity contribution in [2.24, 2.45) is 0 Å². The van der Waals surface area contributed by atoms with Gasteiger partial charge in [-0.1, -0.05) is 12.1 Å². The minimum absolute atomic E-state index is 0.0410. The fourth-order valence-electron chi connectivity index (χ4n) is 3.20. The van der Waals surface area contributed by atoms with Crippen molar-refractivity contribution in [2.45, 2.75) is 32.2 Å². The molecule has 1 aliphatic carbocycles. The van der Waals surface area contributed by atoms with E-state index in [4.69, 9.17) is 4.74 Å². The van der Waals surface area contributed by atoms with Crippen molar-refractivity contribution >= 4 is 17.8 Å². The van der Waals surface area contributed by atoms with Gasteiger partial charge in [-0.15, -0.1) is 0 Å². The zero-order valence-electron chi connectivity index (χ0n) is 14.4. The van der Waals surface area contributed by atoms with E-state index < -0.39 is 5.97 Å². The quantitative estimate of drug-likeness (QED) is 0.612. The molecule has 6 heteroatoms. The van der Waals surface area contributed by atoms with Gasteiger partial charge in [0.05, 0.1) is 30.0 Å². The molecule has 1 aromatic carbocycles. The summed E-state index contributed by atoms with van der Waals surface area (Å²) in [4.78, 5) is 42.7. The molecule has 26 heavy (non-hydrogen) atoms. The summed E-state index contributed by atoms with van der Waals surface area (Å²) in [5.41, 5.74) is 2.56. The number of rotatable bonds is 5. The van der Waals surface area contributed by atoms with Gasteiger partial charge < -0.3 is 4.74 Å². The van der Waals surface area contributed by atoms with Crippen LogP contribution in [0, 0.1) is 0 Å². The molecule has 0 saturated heterocycles. The van der Waals surface area contributed by atoms with Crippen molar-refractivity contribution < 1.29 is 19.1 Å². The molecule has 1 fully saturated rings. The van der Waals surface area contributed by atoms with Crippen LogP contribution in [-0.2, 0) is 11.3 Å². The molecule has 0 bridgehead atoms. The summed E-state index contributed by atoms with van der Waals surface area (Å²) in [5.74, 6) is -0.741. The average Bonchev–Trinajstić information content (AvgIpc) is 3.47. The second-order valence-corrected chi connectivity index (χ2v) is 6.51. The number of hydrogen-bond acceptors (Lipinski definition) is 5. The highest BCUT2D eigenvalue weighted by atomic mass is 16.5. The molecule has 0 unspecified atom stereocenters. The molecular formula is C20H18N2O4. The number of hydrogen-bond donors (Lipinski definition) is 0. The van der Waals surface area contributed by atoms with Crippen molar-refractivity contribution in [1.29, 1.82) is 0 Å². The normalized spacial score (nSPS) is 16.0. The smallest absolute Gasteiger partial charge is 0.356 e. The van der Waals surface area contributed by atoms with Crippen molar-refractivity contribution in [3.8, 4) is 0 Å². The Bertz CT molecular complexity index is 883. The first-order chi connectivity index (χ1) is 12.6. The highest BCUT2D eigenvalue weighted by Gasteiger charge is 2.35. The number of nitrogens with zero attached hydrogens (tertiary/aromatic N) is 2. The number of fused-ring (bicyclic) bond motifs is 1. The third kappa shape index (κ3) is 2.87. The number of benzene rings is 1. The Balaban J connectivity index is 1.65. The molecule has 1 aliphatic heterocycles. The van der Waals surface area contributed by atoms with Gasteiger partial charge in [-0.25, -0.2) is 9.78 Å². The molecule has 1 aromatic heterocycles. The lowest BCUT2D eigenvalue weighted by Crippen LogP contribution is -2.29. The van der Waals surface area contributed by atoms with Gasteiger partial charge in [-0.2, -0.15) is 0 Å². The van der Waals surface area contributed by atoms with Crippen molar-refractivity contribution in [2.75, 3.05) is 6.61 Å². The minimum atomic E-state index is -0.487. The van der Waals surface area contributed by atoms with Crippen LogP contribution in [0.3, 0.4) is 0 Å². The van der Waals surface area contributed by atoms with Gasteiger partial charge in [-0.05, 0) is 55.5 Å². The summed E-state index contributed by atoms with van der Waals surface area (Å²) in [6, 6.07) is 10.4. The first-order valence-corrected chi connectivity index (χ1v) is 8.71. The van der Waals surface area contributed by atoms with E-state index in [1.54, 1.807) is 37.3 Å². The number of aromatic nitrogens is 1. The maximum atomic E-state index is 12.5. The molecule has 1 saturated carbocycles. The van der Waals surface area contributed by atoms with E-state index in [1.807, 2.05) is 6.07 Å². The summed E-state index contributed by atoms with van der Waals surface area (Å²) in [5, 5.41) is 0. The molecule has 2 aliphatic rings. The van der Waals surface area contributed by atoms with E-state index >= 15 is 0 Å². The Labute approximate surface area is 150 Å². The fraction of sp³-hybridized carbons (Fsp3) is 0.300. The monoisotopic (exact) mass is 350 g/mol. The summed E-state index contributed by atoms with van der Waals surface area (Å²) in [7, 11) is 0. The second kappa shape index (κ2) is 6.37. The molecular weight excluding hydrogens is 332 g/mol. The lowest BCUT2D eigenvalue weighted by Gasteiger charge is -2.15. The summed E-state index contributed by atoms with van der Waals surface area (Å²) in [6.07, 6.45) is 2.14. The Hall–Kier alpha value is -3.02. The molecule has 4 rings (SSSR count). The lowest BCUT2D eigenvalue weighted by atomic mass is 10.1. The highest BCUT2D eigenvalue weighted by molar-refractivity contribution is 6.21. The summed E-state index contributed by atoms with van der Waals surface area (Å²) >= 11 is 0. The largest absolute Gasteiger partial charge is 0.461 e. The van der Waals surface area contributed by atoms with E-state index in [2.05, 4.69) is 4.98 Å². The van der Waals surface area contributed by atoms with Crippen LogP contribution < -0.4 is 0 Å². The summed E-state index contributed by atoms with van der Waals surface area (Å²) in [6.45, 7) is 2.05. The first-order valence-electron chi connectivity index (χ1n) is 8.71. The molecule has 6 nitrogen and oxygen atoms in total. The second-order valence-electron chi connectivity index (χ2n) is 6.51. The van der Waals surface area contributed by atoms with Gasteiger partial charge in [0.25, 0.3) is 11.8 Å². The van der Waals surface area contributed by atoms with Gasteiger partial charge in [0.2, 0.25) is 0 Å². The number of carbonyl (C=O) groups is 3. The van der Waals surface area contributed by atoms with Gasteiger partial charge >= 0.3 is 5.97 Å². The Kier molecular flexibility index (Phi) is 4.03. The van der Waals surface area contributed by atoms with E-state index in [0.717, 1.165) is 18.4 Å². The van der Waals surface area contributed by atoms with E-state index in [-0.39, 0.29) is 30.7 Å². The van der Waals surface area contributed by atoms with Crippen molar-refractivity contribution in [1.82, 2.24) is 9.88 Å². The average molecular weight is 350 g/mol. The maximum Gasteiger partial charge on any atom is 0.356 e. The Morgan fingerprint density at radius 1 is 1.15 bits per heavy atom. The Morgan fingerprint density at radius 2 is 1.81 bits per heavy atom. The molecule has 2 aromatic rings. The van der Waals surface area contributed by atoms with Crippen LogP contribution in [0.25, 0.3) is 0 Å². The van der Waals surface area contributed by atoms with Crippen LogP contribution in [0.15, 0.2) is 36.4 Å². The summed E-state index contributed by atoms with van der Waals surface area (Å²) < 4.78 is 5.05. The zero-order valence-corrected chi connectivity index (χ0v) is 14.4. The Morgan fingerprint density at radius 3 is 2.38 bits per heavy atom. The van der Waals surface area contributed by atoms with Crippen LogP contribution >= 0.6 is 0 Å². The highest BCUT2D eigenvalue weighted by Crippen LogP contribution is 2.40. The van der Waals surface area contributed by atoms with E-state index in [1.165, 1.54) is 4.90 Å². The van der Waals surface area contributed by atoms with Gasteiger partial charge in [0.1, 0.15) is 5.69 Å². The van der Waals surface area contributed by atoms with Gasteiger partial charge in [0, 0.05) is 0 Å². The third-order valence-corrected chi connectivity index (χ3v) is 4.63. The number of esters is 1. The molecule has 0 N–H and O–H groups in total. The van der Waals surface area contributed by atoms with Crippen LogP contribution in [0.2, 0.25) is 0 Å². The van der Waals surface area contributed by atoms with Crippen molar-refractivity contribution in [3.63, 3.8) is 0 Å². The fourth-order valence-corrected chi connectivity index (χ4v) is 3.20. The van der Waals surface area contributed by atoms with E-state index in [9.17, 15) is 14.4 Å². The molecule has 0 spiro atoms. The minimum Gasteiger partial charge on any atom is -0.461 e. The molecule has 0 radical (unpaired) electrons. The lowest BCUT2D eigenvalue weighted by molar-refractivity contribution is 0.0519. The van der Waals surface area contributed by atoms with Crippen LogP contribution in [0.1, 0.15) is 68.1 Å². The molecule has 0 atom stereocenters. The van der Waals surface area contributed by atoms with Crippen molar-refractivity contribution in [3.05, 3.63) is 64.5 Å². The van der Waals surface area contributed by atoms with Gasteiger partial charge in [-0.3, -0.25) is 14.5 Å². The van der Waals surface area contributed by atoms with E-state index in [0.29, 0.717) is 22.7 Å². The predicted octanol–water partition coefficient (Wildman–Crippen LogP) is 2.93. The predicted molar refractivity (Wildman–Crippen MR) is 92.8 cm³/mol.